The second kappa shape index (κ2) is 5.00. The molecule has 1 N–H and O–H groups in total. The fourth-order valence-electron chi connectivity index (χ4n) is 1.98. The van der Waals surface area contributed by atoms with Crippen LogP contribution in [0.2, 0.25) is 0 Å². The minimum absolute atomic E-state index is 0.843. The normalized spacial score (nSPS) is 15.7. The van der Waals surface area contributed by atoms with Gasteiger partial charge < -0.3 is 5.32 Å². The smallest absolute Gasteiger partial charge is 0.0625 e. The molecular weight excluding hydrogens is 198 g/mol. The maximum Gasteiger partial charge on any atom is 0.0625 e. The van der Waals surface area contributed by atoms with Gasteiger partial charge in [0.15, 0.2) is 0 Å². The summed E-state index contributed by atoms with van der Waals surface area (Å²) in [6.07, 6.45) is 5.25. The molecule has 3 nitrogen and oxygen atoms in total. The fourth-order valence-corrected chi connectivity index (χ4v) is 1.98. The molecule has 0 unspecified atom stereocenters. The van der Waals surface area contributed by atoms with Gasteiger partial charge in [-0.05, 0) is 58.6 Å². The lowest BCUT2D eigenvalue weighted by atomic mass is 10.2. The molecule has 90 valence electrons. The van der Waals surface area contributed by atoms with Crippen molar-refractivity contribution in [3.05, 3.63) is 17.0 Å². The Labute approximate surface area is 98.2 Å². The molecule has 3 heteroatoms. The summed E-state index contributed by atoms with van der Waals surface area (Å²) in [5.41, 5.74) is 3.84. The van der Waals surface area contributed by atoms with Crippen molar-refractivity contribution in [3.63, 3.8) is 0 Å². The summed E-state index contributed by atoms with van der Waals surface area (Å²) in [5, 5.41) is 8.10. The van der Waals surface area contributed by atoms with E-state index >= 15 is 0 Å². The number of rotatable bonds is 6. The van der Waals surface area contributed by atoms with Gasteiger partial charge in [0.25, 0.3) is 0 Å². The van der Waals surface area contributed by atoms with Crippen molar-refractivity contribution in [2.75, 3.05) is 6.54 Å². The quantitative estimate of drug-likeness (QED) is 0.747. The second-order valence-corrected chi connectivity index (χ2v) is 4.95. The Hall–Kier alpha value is -0.830. The van der Waals surface area contributed by atoms with E-state index in [1.54, 1.807) is 0 Å². The standard InChI is InChI=1S/C13H23N3/c1-10-11(2)15-16(12(10)3)9-5-4-8-14-13-6-7-13/h13-14H,4-9H2,1-3H3. The molecule has 0 aromatic carbocycles. The molecule has 0 spiro atoms. The van der Waals surface area contributed by atoms with Gasteiger partial charge in [0.1, 0.15) is 0 Å². The van der Waals surface area contributed by atoms with Crippen LogP contribution in [0.15, 0.2) is 0 Å². The molecule has 1 aromatic rings. The van der Waals surface area contributed by atoms with Gasteiger partial charge in [-0.25, -0.2) is 0 Å². The van der Waals surface area contributed by atoms with Crippen LogP contribution in [0.5, 0.6) is 0 Å². The average Bonchev–Trinajstić information content (AvgIpc) is 3.04. The average molecular weight is 221 g/mol. The third-order valence-corrected chi connectivity index (χ3v) is 3.55. The predicted molar refractivity (Wildman–Crippen MR) is 66.7 cm³/mol. The van der Waals surface area contributed by atoms with Gasteiger partial charge in [0.05, 0.1) is 5.69 Å². The number of unbranched alkanes of at least 4 members (excludes halogenated alkanes) is 1. The van der Waals surface area contributed by atoms with E-state index in [1.165, 1.54) is 49.2 Å². The number of aromatic nitrogens is 2. The van der Waals surface area contributed by atoms with Crippen LogP contribution in [0.4, 0.5) is 0 Å². The fraction of sp³-hybridized carbons (Fsp3) is 0.769. The molecule has 1 fully saturated rings. The molecule has 0 amide bonds. The molecule has 16 heavy (non-hydrogen) atoms. The molecule has 2 rings (SSSR count). The van der Waals surface area contributed by atoms with Crippen LogP contribution in [0.3, 0.4) is 0 Å². The SMILES string of the molecule is Cc1nn(CCCCNC2CC2)c(C)c1C. The van der Waals surface area contributed by atoms with Gasteiger partial charge in [-0.1, -0.05) is 0 Å². The van der Waals surface area contributed by atoms with Crippen molar-refractivity contribution >= 4 is 0 Å². The first-order chi connectivity index (χ1) is 7.68. The second-order valence-electron chi connectivity index (χ2n) is 4.95. The first-order valence-electron chi connectivity index (χ1n) is 6.42. The number of nitrogens with zero attached hydrogens (tertiary/aromatic N) is 2. The van der Waals surface area contributed by atoms with E-state index in [-0.39, 0.29) is 0 Å². The Bertz CT molecular complexity index is 350. The Kier molecular flexibility index (Phi) is 3.64. The maximum atomic E-state index is 4.55. The Morgan fingerprint density at radius 2 is 2.00 bits per heavy atom. The molecule has 0 bridgehead atoms. The monoisotopic (exact) mass is 221 g/mol. The van der Waals surface area contributed by atoms with E-state index in [0.29, 0.717) is 0 Å². The largest absolute Gasteiger partial charge is 0.314 e. The number of hydrogen-bond donors (Lipinski definition) is 1. The Balaban J connectivity index is 1.69. The summed E-state index contributed by atoms with van der Waals surface area (Å²) < 4.78 is 2.15. The van der Waals surface area contributed by atoms with E-state index < -0.39 is 0 Å². The Morgan fingerprint density at radius 1 is 1.25 bits per heavy atom. The summed E-state index contributed by atoms with van der Waals surface area (Å²) in [7, 11) is 0. The van der Waals surface area contributed by atoms with E-state index in [9.17, 15) is 0 Å². The Morgan fingerprint density at radius 3 is 2.56 bits per heavy atom. The van der Waals surface area contributed by atoms with E-state index in [1.807, 2.05) is 0 Å². The summed E-state index contributed by atoms with van der Waals surface area (Å²) in [4.78, 5) is 0. The molecule has 1 aliphatic rings. The first-order valence-corrected chi connectivity index (χ1v) is 6.42. The lowest BCUT2D eigenvalue weighted by Crippen LogP contribution is -2.18. The van der Waals surface area contributed by atoms with Crippen molar-refractivity contribution in [1.82, 2.24) is 15.1 Å². The topological polar surface area (TPSA) is 29.9 Å². The summed E-state index contributed by atoms with van der Waals surface area (Å²) in [6, 6.07) is 0.843. The third kappa shape index (κ3) is 2.85. The predicted octanol–water partition coefficient (Wildman–Crippen LogP) is 2.34. The van der Waals surface area contributed by atoms with Gasteiger partial charge in [-0.15, -0.1) is 0 Å². The van der Waals surface area contributed by atoms with Crippen molar-refractivity contribution < 1.29 is 0 Å². The first kappa shape index (κ1) is 11.6. The third-order valence-electron chi connectivity index (χ3n) is 3.55. The number of nitrogens with one attached hydrogen (secondary N) is 1. The van der Waals surface area contributed by atoms with Crippen LogP contribution >= 0.6 is 0 Å². The maximum absolute atomic E-state index is 4.55. The van der Waals surface area contributed by atoms with Crippen LogP contribution in [0.25, 0.3) is 0 Å². The summed E-state index contributed by atoms with van der Waals surface area (Å²) in [5.74, 6) is 0. The van der Waals surface area contributed by atoms with Gasteiger partial charge in [0, 0.05) is 18.3 Å². The highest BCUT2D eigenvalue weighted by molar-refractivity contribution is 5.21. The van der Waals surface area contributed by atoms with Crippen molar-refractivity contribution in [2.45, 2.75) is 59.0 Å². The molecule has 0 aliphatic heterocycles. The lowest BCUT2D eigenvalue weighted by molar-refractivity contribution is 0.524. The molecule has 0 radical (unpaired) electrons. The minimum Gasteiger partial charge on any atom is -0.314 e. The molecule has 1 aliphatic carbocycles. The zero-order valence-electron chi connectivity index (χ0n) is 10.7. The molecule has 1 saturated carbocycles. The van der Waals surface area contributed by atoms with Crippen LogP contribution in [-0.2, 0) is 6.54 Å². The van der Waals surface area contributed by atoms with Crippen molar-refractivity contribution in [2.24, 2.45) is 0 Å². The van der Waals surface area contributed by atoms with Gasteiger partial charge >= 0.3 is 0 Å². The summed E-state index contributed by atoms with van der Waals surface area (Å²) >= 11 is 0. The van der Waals surface area contributed by atoms with Crippen LogP contribution in [-0.4, -0.2) is 22.4 Å². The number of hydrogen-bond acceptors (Lipinski definition) is 2. The highest BCUT2D eigenvalue weighted by Crippen LogP contribution is 2.18. The highest BCUT2D eigenvalue weighted by Gasteiger charge is 2.19. The summed E-state index contributed by atoms with van der Waals surface area (Å²) in [6.45, 7) is 8.64. The van der Waals surface area contributed by atoms with Crippen LogP contribution in [0.1, 0.15) is 42.6 Å². The molecule has 1 heterocycles. The van der Waals surface area contributed by atoms with Gasteiger partial charge in [0.2, 0.25) is 0 Å². The van der Waals surface area contributed by atoms with Gasteiger partial charge in [-0.3, -0.25) is 4.68 Å². The van der Waals surface area contributed by atoms with Crippen LogP contribution < -0.4 is 5.32 Å². The zero-order valence-corrected chi connectivity index (χ0v) is 10.7. The van der Waals surface area contributed by atoms with E-state index in [0.717, 1.165) is 12.6 Å². The molecule has 0 saturated heterocycles. The van der Waals surface area contributed by atoms with E-state index in [4.69, 9.17) is 0 Å². The number of aryl methyl sites for hydroxylation is 2. The van der Waals surface area contributed by atoms with Crippen molar-refractivity contribution in [3.8, 4) is 0 Å². The lowest BCUT2D eigenvalue weighted by Gasteiger charge is -2.05. The molecule has 1 aromatic heterocycles. The molecule has 0 atom stereocenters. The van der Waals surface area contributed by atoms with Crippen LogP contribution in [0, 0.1) is 20.8 Å². The van der Waals surface area contributed by atoms with Crippen molar-refractivity contribution in [1.29, 1.82) is 0 Å². The highest BCUT2D eigenvalue weighted by atomic mass is 15.3. The molecular formula is C13H23N3. The van der Waals surface area contributed by atoms with Gasteiger partial charge in [-0.2, -0.15) is 5.10 Å². The minimum atomic E-state index is 0.843. The zero-order chi connectivity index (χ0) is 11.5. The van der Waals surface area contributed by atoms with E-state index in [2.05, 4.69) is 35.9 Å².